The van der Waals surface area contributed by atoms with Crippen LogP contribution in [0.3, 0.4) is 0 Å². The average molecular weight is 732 g/mol. The predicted molar refractivity (Wildman–Crippen MR) is 189 cm³/mol. The molecule has 5 unspecified atom stereocenters. The van der Waals surface area contributed by atoms with Gasteiger partial charge in [0.25, 0.3) is 0 Å². The van der Waals surface area contributed by atoms with Crippen LogP contribution in [0.2, 0.25) is 0 Å². The highest BCUT2D eigenvalue weighted by Crippen LogP contribution is 2.57. The number of hydrogen-bond donors (Lipinski definition) is 4. The Balaban J connectivity index is 2.49. The van der Waals surface area contributed by atoms with Crippen LogP contribution in [0.25, 0.3) is 0 Å². The van der Waals surface area contributed by atoms with Gasteiger partial charge in [0.05, 0.1) is 26.9 Å². The largest absolute Gasteiger partial charge is 0.479 e. The smallest absolute Gasteiger partial charge is 0.347 e. The van der Waals surface area contributed by atoms with Crippen LogP contribution in [0.15, 0.2) is 4.99 Å². The summed E-state index contributed by atoms with van der Waals surface area (Å²) in [5.74, 6) is -2.49. The van der Waals surface area contributed by atoms with Gasteiger partial charge < -0.3 is 45.2 Å². The zero-order chi connectivity index (χ0) is 38.1. The molecule has 1 aromatic rings. The predicted octanol–water partition coefficient (Wildman–Crippen LogP) is 2.67. The van der Waals surface area contributed by atoms with Gasteiger partial charge in [0, 0.05) is 19.2 Å². The topological polar surface area (TPSA) is 234 Å². The molecule has 7 atom stereocenters. The summed E-state index contributed by atoms with van der Waals surface area (Å²) in [5.41, 5.74) is 9.98. The van der Waals surface area contributed by atoms with Crippen LogP contribution < -0.4 is 16.2 Å². The molecule has 0 amide bonds. The van der Waals surface area contributed by atoms with E-state index < -0.39 is 67.9 Å². The standard InChI is InChI=1S/C32H58N7O10P/c1-12-47-29(41)22(14-18(3)4)38(8)50(44,39(9)23(15-19(5)6)30(42)48-13-2)49-17-24(45-10)26(40)32(43)20(7)21(32)16-35-25-27(33)36-31(34)37-28(25)46-11/h16,18-24,26,40,43H,12-15,17H2,1-11H3,(H4,33,34,36,37)/b35-16-/t20?,21?,22-,23-,24?,26?,32?/m0/s1. The second-order valence-corrected chi connectivity index (χ2v) is 15.8. The molecule has 0 spiro atoms. The molecule has 18 heteroatoms. The molecular weight excluding hydrogens is 673 g/mol. The van der Waals surface area contributed by atoms with E-state index in [1.165, 1.54) is 43.9 Å². The minimum Gasteiger partial charge on any atom is -0.479 e. The number of nitrogen functional groups attached to an aromatic ring is 2. The summed E-state index contributed by atoms with van der Waals surface area (Å²) in [6.45, 7) is 12.4. The van der Waals surface area contributed by atoms with E-state index in [0.29, 0.717) is 0 Å². The van der Waals surface area contributed by atoms with Gasteiger partial charge in [-0.2, -0.15) is 9.97 Å². The molecule has 0 aliphatic heterocycles. The van der Waals surface area contributed by atoms with Crippen molar-refractivity contribution in [2.45, 2.75) is 91.2 Å². The van der Waals surface area contributed by atoms with Crippen LogP contribution in [0.4, 0.5) is 17.5 Å². The molecule has 6 N–H and O–H groups in total. The van der Waals surface area contributed by atoms with E-state index in [4.69, 9.17) is 34.9 Å². The number of aromatic nitrogens is 2. The molecule has 50 heavy (non-hydrogen) atoms. The maximum atomic E-state index is 15.2. The van der Waals surface area contributed by atoms with Crippen LogP contribution in [0.1, 0.15) is 61.3 Å². The lowest BCUT2D eigenvalue weighted by Gasteiger charge is -2.41. The highest BCUT2D eigenvalue weighted by atomic mass is 31.2. The van der Waals surface area contributed by atoms with Gasteiger partial charge in [0.15, 0.2) is 11.5 Å². The quantitative estimate of drug-likeness (QED) is 0.0808. The Labute approximate surface area is 295 Å². The Kier molecular flexibility index (Phi) is 16.0. The Morgan fingerprint density at radius 1 is 1.00 bits per heavy atom. The first-order chi connectivity index (χ1) is 23.3. The number of esters is 2. The molecule has 286 valence electrons. The second-order valence-electron chi connectivity index (χ2n) is 13.3. The Hall–Kier alpha value is -2.92. The Morgan fingerprint density at radius 2 is 1.50 bits per heavy atom. The third-order valence-corrected chi connectivity index (χ3v) is 11.5. The zero-order valence-corrected chi connectivity index (χ0v) is 32.1. The van der Waals surface area contributed by atoms with E-state index in [2.05, 4.69) is 15.0 Å². The molecule has 1 aliphatic carbocycles. The van der Waals surface area contributed by atoms with E-state index in [-0.39, 0.29) is 61.2 Å². The first-order valence-electron chi connectivity index (χ1n) is 16.8. The van der Waals surface area contributed by atoms with E-state index in [1.54, 1.807) is 20.8 Å². The lowest BCUT2D eigenvalue weighted by Crippen LogP contribution is -2.49. The number of rotatable bonds is 21. The maximum Gasteiger partial charge on any atom is 0.347 e. The highest BCUT2D eigenvalue weighted by molar-refractivity contribution is 7.54. The summed E-state index contributed by atoms with van der Waals surface area (Å²) in [7, 11) is 1.32. The van der Waals surface area contributed by atoms with Crippen molar-refractivity contribution in [2.24, 2.45) is 28.7 Å². The van der Waals surface area contributed by atoms with Crippen molar-refractivity contribution in [3.63, 3.8) is 0 Å². The number of nitrogens with two attached hydrogens (primary N) is 2. The zero-order valence-electron chi connectivity index (χ0n) is 31.2. The van der Waals surface area contributed by atoms with Gasteiger partial charge in [0.1, 0.15) is 29.9 Å². The first-order valence-corrected chi connectivity index (χ1v) is 18.4. The van der Waals surface area contributed by atoms with Gasteiger partial charge in [-0.25, -0.2) is 9.34 Å². The molecule has 17 nitrogen and oxygen atoms in total. The summed E-state index contributed by atoms with van der Waals surface area (Å²) >= 11 is 0. The van der Waals surface area contributed by atoms with Crippen molar-refractivity contribution in [3.8, 4) is 5.88 Å². The average Bonchev–Trinajstić information content (AvgIpc) is 3.59. The van der Waals surface area contributed by atoms with Crippen molar-refractivity contribution >= 4 is 43.3 Å². The molecule has 0 saturated heterocycles. The minimum absolute atomic E-state index is 0.00463. The number of carbonyl (C=O) groups is 2. The van der Waals surface area contributed by atoms with Gasteiger partial charge in [-0.1, -0.05) is 34.6 Å². The number of carbonyl (C=O) groups excluding carboxylic acids is 2. The van der Waals surface area contributed by atoms with Crippen molar-refractivity contribution < 1.29 is 47.8 Å². The summed E-state index contributed by atoms with van der Waals surface area (Å²) in [5, 5.41) is 23.1. The van der Waals surface area contributed by atoms with Crippen LogP contribution in [0.5, 0.6) is 5.88 Å². The third kappa shape index (κ3) is 9.90. The highest BCUT2D eigenvalue weighted by Gasteiger charge is 2.66. The summed E-state index contributed by atoms with van der Waals surface area (Å²) in [4.78, 5) is 38.7. The van der Waals surface area contributed by atoms with E-state index in [1.807, 2.05) is 27.7 Å². The van der Waals surface area contributed by atoms with E-state index in [0.717, 1.165) is 0 Å². The number of aliphatic hydroxyl groups excluding tert-OH is 1. The minimum atomic E-state index is -4.31. The molecule has 2 rings (SSSR count). The number of ether oxygens (including phenoxy) is 4. The van der Waals surface area contributed by atoms with E-state index in [9.17, 15) is 19.8 Å². The molecule has 0 aromatic carbocycles. The lowest BCUT2D eigenvalue weighted by atomic mass is 10.0. The fourth-order valence-corrected chi connectivity index (χ4v) is 8.12. The van der Waals surface area contributed by atoms with Gasteiger partial charge in [-0.05, 0) is 58.5 Å². The number of methoxy groups -OCH3 is 2. The monoisotopic (exact) mass is 731 g/mol. The van der Waals surface area contributed by atoms with Crippen molar-refractivity contribution in [1.29, 1.82) is 0 Å². The first kappa shape index (κ1) is 43.2. The molecule has 1 heterocycles. The lowest BCUT2D eigenvalue weighted by molar-refractivity contribution is -0.149. The van der Waals surface area contributed by atoms with Crippen molar-refractivity contribution in [1.82, 2.24) is 19.3 Å². The second kappa shape index (κ2) is 18.5. The molecule has 1 aromatic heterocycles. The number of nitrogens with zero attached hydrogens (tertiary/aromatic N) is 5. The molecule has 1 fully saturated rings. The summed E-state index contributed by atoms with van der Waals surface area (Å²) < 4.78 is 45.5. The number of hydrogen-bond acceptors (Lipinski definition) is 15. The fraction of sp³-hybridized carbons (Fsp3) is 0.781. The molecular formula is C32H58N7O10P. The maximum absolute atomic E-state index is 15.2. The molecule has 1 saturated carbocycles. The molecule has 1 aliphatic rings. The molecule has 0 radical (unpaired) electrons. The molecule has 0 bridgehead atoms. The van der Waals surface area contributed by atoms with Crippen molar-refractivity contribution in [3.05, 3.63) is 0 Å². The number of anilines is 2. The van der Waals surface area contributed by atoms with E-state index >= 15 is 4.57 Å². The third-order valence-electron chi connectivity index (χ3n) is 8.89. The van der Waals surface area contributed by atoms with Crippen LogP contribution in [-0.2, 0) is 32.9 Å². The Bertz CT molecular complexity index is 1330. The van der Waals surface area contributed by atoms with Crippen LogP contribution in [-0.4, -0.2) is 126 Å². The number of aliphatic imine (C=N–C) groups is 1. The van der Waals surface area contributed by atoms with Gasteiger partial charge in [-0.3, -0.25) is 19.1 Å². The summed E-state index contributed by atoms with van der Waals surface area (Å²) in [6.07, 6.45) is -0.819. The fourth-order valence-electron chi connectivity index (χ4n) is 5.89. The SMILES string of the molecule is CCOC(=O)[C@H](CC(C)C)N(C)P(=O)(OCC(OC)C(O)C1(O)C(C)C1/C=N\c1c(N)nc(N)nc1OC)N(C)[C@@H](CC(C)C)C(=O)OCC. The van der Waals surface area contributed by atoms with Crippen molar-refractivity contribution in [2.75, 3.05) is 59.6 Å². The number of likely N-dealkylation sites (N-methyl/N-ethyl adjacent to an activating group) is 2. The van der Waals surface area contributed by atoms with Gasteiger partial charge in [0.2, 0.25) is 11.8 Å². The van der Waals surface area contributed by atoms with Gasteiger partial charge in [-0.15, -0.1) is 0 Å². The van der Waals surface area contributed by atoms with Crippen LogP contribution >= 0.6 is 7.67 Å². The summed E-state index contributed by atoms with van der Waals surface area (Å²) in [6, 6.07) is -2.02. The van der Waals surface area contributed by atoms with Crippen LogP contribution in [0, 0.1) is 23.7 Å². The number of aliphatic hydroxyl groups is 2. The Morgan fingerprint density at radius 3 is 1.92 bits per heavy atom. The normalized spacial score (nSPS) is 21.9. The van der Waals surface area contributed by atoms with Gasteiger partial charge >= 0.3 is 19.6 Å².